The molecule has 0 atom stereocenters. The van der Waals surface area contributed by atoms with E-state index in [0.29, 0.717) is 13.1 Å². The maximum atomic E-state index is 11.0. The number of carbonyl (C=O) groups excluding carboxylic acids is 2. The fraction of sp³-hybridized carbons (Fsp3) is 0.857. The molecule has 1 heterocycles. The Morgan fingerprint density at radius 2 is 1.36 bits per heavy atom. The molecule has 2 amide bonds. The molecule has 8 heteroatoms. The minimum Gasteiger partial charge on any atom is -0.387 e. The number of rotatable bonds is 10. The molecule has 1 rings (SSSR count). The van der Waals surface area contributed by atoms with Gasteiger partial charge in [0.05, 0.1) is 6.54 Å². The number of piperazine rings is 1. The van der Waals surface area contributed by atoms with Crippen LogP contribution in [0.4, 0.5) is 0 Å². The standard InChI is InChI=1S/C14H29N5O3/c15-11-13(21)16-3-1-5-18-7-9-19(10-8-18)6-2-4-17-14(22)12-20/h20H,1-12,15H2,(H,16,21)(H,17,22). The molecule has 8 nitrogen and oxygen atoms in total. The molecule has 1 saturated heterocycles. The van der Waals surface area contributed by atoms with Gasteiger partial charge in [0.25, 0.3) is 0 Å². The Hall–Kier alpha value is -1.22. The molecule has 1 fully saturated rings. The van der Waals surface area contributed by atoms with Gasteiger partial charge in [-0.3, -0.25) is 9.59 Å². The van der Waals surface area contributed by atoms with Crippen molar-refractivity contribution < 1.29 is 14.7 Å². The summed E-state index contributed by atoms with van der Waals surface area (Å²) in [5.74, 6) is -0.412. The molecule has 1 aliphatic heterocycles. The van der Waals surface area contributed by atoms with Gasteiger partial charge in [-0.1, -0.05) is 0 Å². The van der Waals surface area contributed by atoms with Crippen molar-refractivity contribution in [3.05, 3.63) is 0 Å². The summed E-state index contributed by atoms with van der Waals surface area (Å²) in [7, 11) is 0. The second-order valence-corrected chi connectivity index (χ2v) is 5.45. The minimum atomic E-state index is -0.440. The van der Waals surface area contributed by atoms with E-state index in [4.69, 9.17) is 10.8 Å². The highest BCUT2D eigenvalue weighted by molar-refractivity contribution is 5.77. The number of hydrogen-bond donors (Lipinski definition) is 4. The molecule has 0 aliphatic carbocycles. The SMILES string of the molecule is NCC(=O)NCCCN1CCN(CCCNC(=O)CO)CC1. The van der Waals surface area contributed by atoms with Gasteiger partial charge >= 0.3 is 0 Å². The van der Waals surface area contributed by atoms with Gasteiger partial charge in [-0.05, 0) is 25.9 Å². The molecule has 0 saturated carbocycles. The molecule has 0 aromatic heterocycles. The van der Waals surface area contributed by atoms with Crippen molar-refractivity contribution in [2.45, 2.75) is 12.8 Å². The smallest absolute Gasteiger partial charge is 0.245 e. The average Bonchev–Trinajstić information content (AvgIpc) is 2.56. The van der Waals surface area contributed by atoms with Crippen molar-refractivity contribution >= 4 is 11.8 Å². The molecule has 22 heavy (non-hydrogen) atoms. The predicted molar refractivity (Wildman–Crippen MR) is 84.3 cm³/mol. The lowest BCUT2D eigenvalue weighted by atomic mass is 10.2. The van der Waals surface area contributed by atoms with Crippen molar-refractivity contribution in [2.24, 2.45) is 5.73 Å². The van der Waals surface area contributed by atoms with E-state index in [1.165, 1.54) is 0 Å². The van der Waals surface area contributed by atoms with Crippen LogP contribution in [0, 0.1) is 0 Å². The lowest BCUT2D eigenvalue weighted by molar-refractivity contribution is -0.123. The fourth-order valence-corrected chi connectivity index (χ4v) is 2.43. The lowest BCUT2D eigenvalue weighted by Crippen LogP contribution is -2.47. The third kappa shape index (κ3) is 8.28. The maximum Gasteiger partial charge on any atom is 0.245 e. The first-order valence-electron chi connectivity index (χ1n) is 7.94. The zero-order valence-electron chi connectivity index (χ0n) is 13.2. The van der Waals surface area contributed by atoms with E-state index in [0.717, 1.165) is 52.1 Å². The first kappa shape index (κ1) is 18.8. The average molecular weight is 315 g/mol. The molecule has 0 spiro atoms. The van der Waals surface area contributed by atoms with Crippen LogP contribution in [0.5, 0.6) is 0 Å². The van der Waals surface area contributed by atoms with Crippen LogP contribution < -0.4 is 16.4 Å². The Morgan fingerprint density at radius 3 is 1.77 bits per heavy atom. The van der Waals surface area contributed by atoms with E-state index in [-0.39, 0.29) is 18.4 Å². The summed E-state index contributed by atoms with van der Waals surface area (Å²) in [4.78, 5) is 26.7. The summed E-state index contributed by atoms with van der Waals surface area (Å²) in [5.41, 5.74) is 5.22. The van der Waals surface area contributed by atoms with Crippen LogP contribution >= 0.6 is 0 Å². The minimum absolute atomic E-state index is 0.0530. The monoisotopic (exact) mass is 315 g/mol. The third-order valence-electron chi connectivity index (χ3n) is 3.74. The van der Waals surface area contributed by atoms with E-state index >= 15 is 0 Å². The Balaban J connectivity index is 1.99. The normalized spacial score (nSPS) is 16.5. The molecule has 0 bridgehead atoms. The zero-order chi connectivity index (χ0) is 16.2. The second kappa shape index (κ2) is 11.4. The molecule has 1 aliphatic rings. The summed E-state index contributed by atoms with van der Waals surface area (Å²) < 4.78 is 0. The number of amides is 2. The molecule has 5 N–H and O–H groups in total. The van der Waals surface area contributed by atoms with Crippen LogP contribution in [0.3, 0.4) is 0 Å². The maximum absolute atomic E-state index is 11.0. The van der Waals surface area contributed by atoms with Crippen molar-refractivity contribution in [1.82, 2.24) is 20.4 Å². The number of nitrogens with zero attached hydrogens (tertiary/aromatic N) is 2. The molecule has 0 aromatic rings. The third-order valence-corrected chi connectivity index (χ3v) is 3.74. The highest BCUT2D eigenvalue weighted by Crippen LogP contribution is 2.02. The summed E-state index contributed by atoms with van der Waals surface area (Å²) in [6, 6.07) is 0. The largest absolute Gasteiger partial charge is 0.387 e. The molecule has 0 unspecified atom stereocenters. The highest BCUT2D eigenvalue weighted by atomic mass is 16.3. The predicted octanol–water partition coefficient (Wildman–Crippen LogP) is -2.43. The first-order valence-corrected chi connectivity index (χ1v) is 7.94. The van der Waals surface area contributed by atoms with Crippen molar-refractivity contribution in [1.29, 1.82) is 0 Å². The Morgan fingerprint density at radius 1 is 0.909 bits per heavy atom. The summed E-state index contributed by atoms with van der Waals surface area (Å²) in [6.07, 6.45) is 1.84. The second-order valence-electron chi connectivity index (χ2n) is 5.45. The fourth-order valence-electron chi connectivity index (χ4n) is 2.43. The van der Waals surface area contributed by atoms with E-state index in [9.17, 15) is 9.59 Å². The van der Waals surface area contributed by atoms with Gasteiger partial charge in [0.15, 0.2) is 0 Å². The topological polar surface area (TPSA) is 111 Å². The van der Waals surface area contributed by atoms with Crippen LogP contribution in [0.15, 0.2) is 0 Å². The first-order chi connectivity index (χ1) is 10.7. The summed E-state index contributed by atoms with van der Waals surface area (Å²) in [5, 5.41) is 14.0. The molecule has 0 aromatic carbocycles. The number of hydrogen-bond acceptors (Lipinski definition) is 6. The van der Waals surface area contributed by atoms with Gasteiger partial charge in [-0.2, -0.15) is 0 Å². The number of nitrogens with one attached hydrogen (secondary N) is 2. The van der Waals surface area contributed by atoms with E-state index in [2.05, 4.69) is 20.4 Å². The van der Waals surface area contributed by atoms with E-state index in [1.54, 1.807) is 0 Å². The van der Waals surface area contributed by atoms with Gasteiger partial charge in [0, 0.05) is 39.3 Å². The van der Waals surface area contributed by atoms with E-state index in [1.807, 2.05) is 0 Å². The van der Waals surface area contributed by atoms with Crippen LogP contribution in [0.2, 0.25) is 0 Å². The van der Waals surface area contributed by atoms with Gasteiger partial charge in [0.1, 0.15) is 6.61 Å². The zero-order valence-corrected chi connectivity index (χ0v) is 13.2. The molecule has 128 valence electrons. The van der Waals surface area contributed by atoms with Crippen LogP contribution in [-0.4, -0.2) is 92.2 Å². The van der Waals surface area contributed by atoms with Gasteiger partial charge in [-0.15, -0.1) is 0 Å². The summed E-state index contributed by atoms with van der Waals surface area (Å²) in [6.45, 7) is 6.99. The Kier molecular flexibility index (Phi) is 9.72. The molecule has 0 radical (unpaired) electrons. The van der Waals surface area contributed by atoms with E-state index < -0.39 is 6.61 Å². The lowest BCUT2D eigenvalue weighted by Gasteiger charge is -2.34. The van der Waals surface area contributed by atoms with Crippen molar-refractivity contribution in [2.75, 3.05) is 65.5 Å². The molecular weight excluding hydrogens is 286 g/mol. The van der Waals surface area contributed by atoms with Gasteiger partial charge in [-0.25, -0.2) is 0 Å². The van der Waals surface area contributed by atoms with Crippen LogP contribution in [0.1, 0.15) is 12.8 Å². The summed E-state index contributed by atoms with van der Waals surface area (Å²) >= 11 is 0. The Bertz CT molecular complexity index is 300. The number of nitrogens with two attached hydrogens (primary N) is 1. The van der Waals surface area contributed by atoms with Crippen molar-refractivity contribution in [3.63, 3.8) is 0 Å². The quantitative estimate of drug-likeness (QED) is 0.334. The van der Waals surface area contributed by atoms with Crippen LogP contribution in [-0.2, 0) is 9.59 Å². The molecular formula is C14H29N5O3. The number of aliphatic hydroxyl groups is 1. The van der Waals surface area contributed by atoms with Gasteiger partial charge in [0.2, 0.25) is 11.8 Å². The van der Waals surface area contributed by atoms with Crippen LogP contribution in [0.25, 0.3) is 0 Å². The Labute approximate surface area is 132 Å². The van der Waals surface area contributed by atoms with Gasteiger partial charge < -0.3 is 31.3 Å². The highest BCUT2D eigenvalue weighted by Gasteiger charge is 2.15. The van der Waals surface area contributed by atoms with Crippen molar-refractivity contribution in [3.8, 4) is 0 Å². The number of carbonyl (C=O) groups is 2. The number of aliphatic hydroxyl groups excluding tert-OH is 1.